The maximum absolute atomic E-state index is 10.6. The van der Waals surface area contributed by atoms with Crippen molar-refractivity contribution in [2.75, 3.05) is 6.61 Å². The smallest absolute Gasteiger partial charge is 0.259 e. The lowest BCUT2D eigenvalue weighted by atomic mass is 10.3. The van der Waals surface area contributed by atoms with Crippen molar-refractivity contribution in [1.82, 2.24) is 5.32 Å². The molecule has 0 fully saturated rings. The SMILES string of the molecule is C=CC(O)C(=O)NC(=O)CO. The molecular formula is C6H9NO4. The molecule has 0 spiro atoms. The van der Waals surface area contributed by atoms with E-state index in [9.17, 15) is 9.59 Å². The second-order valence-corrected chi connectivity index (χ2v) is 1.75. The number of amides is 2. The van der Waals surface area contributed by atoms with Gasteiger partial charge in [-0.2, -0.15) is 0 Å². The average molecular weight is 159 g/mol. The van der Waals surface area contributed by atoms with E-state index < -0.39 is 24.5 Å². The van der Waals surface area contributed by atoms with E-state index in [0.29, 0.717) is 0 Å². The van der Waals surface area contributed by atoms with Crippen LogP contribution in [-0.2, 0) is 9.59 Å². The van der Waals surface area contributed by atoms with Gasteiger partial charge in [-0.3, -0.25) is 14.9 Å². The Bertz CT molecular complexity index is 177. The summed E-state index contributed by atoms with van der Waals surface area (Å²) < 4.78 is 0. The van der Waals surface area contributed by atoms with E-state index in [4.69, 9.17) is 10.2 Å². The highest BCUT2D eigenvalue weighted by atomic mass is 16.3. The van der Waals surface area contributed by atoms with E-state index in [2.05, 4.69) is 6.58 Å². The summed E-state index contributed by atoms with van der Waals surface area (Å²) in [6.45, 7) is 2.35. The molecule has 0 rings (SSSR count). The lowest BCUT2D eigenvalue weighted by molar-refractivity contribution is -0.135. The standard InChI is InChI=1S/C6H9NO4/c1-2-4(9)6(11)7-5(10)3-8/h2,4,8-9H,1,3H2,(H,7,10,11). The average Bonchev–Trinajstić information content (AvgIpc) is 2.02. The van der Waals surface area contributed by atoms with Crippen molar-refractivity contribution in [3.05, 3.63) is 12.7 Å². The number of imide groups is 1. The molecule has 0 aromatic carbocycles. The molecule has 0 aromatic heterocycles. The number of hydrogen-bond acceptors (Lipinski definition) is 4. The third kappa shape index (κ3) is 3.49. The highest BCUT2D eigenvalue weighted by Crippen LogP contribution is 1.82. The molecule has 62 valence electrons. The van der Waals surface area contributed by atoms with Crippen molar-refractivity contribution in [3.63, 3.8) is 0 Å². The molecule has 0 aromatic rings. The lowest BCUT2D eigenvalue weighted by Crippen LogP contribution is -2.39. The minimum Gasteiger partial charge on any atom is -0.387 e. The summed E-state index contributed by atoms with van der Waals surface area (Å²) in [5.41, 5.74) is 0. The van der Waals surface area contributed by atoms with Gasteiger partial charge in [-0.15, -0.1) is 0 Å². The van der Waals surface area contributed by atoms with Gasteiger partial charge in [0.05, 0.1) is 0 Å². The van der Waals surface area contributed by atoms with Gasteiger partial charge in [0, 0.05) is 0 Å². The van der Waals surface area contributed by atoms with E-state index in [1.165, 1.54) is 0 Å². The minimum absolute atomic E-state index is 0.782. The topological polar surface area (TPSA) is 86.6 Å². The first-order valence-corrected chi connectivity index (χ1v) is 2.87. The Morgan fingerprint density at radius 2 is 2.18 bits per heavy atom. The molecule has 0 heterocycles. The molecule has 0 aliphatic heterocycles. The van der Waals surface area contributed by atoms with Crippen LogP contribution >= 0.6 is 0 Å². The van der Waals surface area contributed by atoms with Gasteiger partial charge in [0.2, 0.25) is 0 Å². The van der Waals surface area contributed by atoms with Gasteiger partial charge in [-0.25, -0.2) is 0 Å². The highest BCUT2D eigenvalue weighted by Gasteiger charge is 2.12. The maximum atomic E-state index is 10.6. The molecule has 5 heteroatoms. The second kappa shape index (κ2) is 4.59. The van der Waals surface area contributed by atoms with Crippen molar-refractivity contribution in [3.8, 4) is 0 Å². The zero-order valence-electron chi connectivity index (χ0n) is 5.78. The Hall–Kier alpha value is -1.20. The zero-order chi connectivity index (χ0) is 8.85. The summed E-state index contributed by atoms with van der Waals surface area (Å²) in [5, 5.41) is 18.6. The largest absolute Gasteiger partial charge is 0.387 e. The molecule has 0 aliphatic carbocycles. The molecule has 1 unspecified atom stereocenters. The molecule has 0 saturated heterocycles. The zero-order valence-corrected chi connectivity index (χ0v) is 5.78. The Morgan fingerprint density at radius 1 is 1.64 bits per heavy atom. The van der Waals surface area contributed by atoms with Crippen molar-refractivity contribution in [1.29, 1.82) is 0 Å². The maximum Gasteiger partial charge on any atom is 0.259 e. The fourth-order valence-electron chi connectivity index (χ4n) is 0.358. The Kier molecular flexibility index (Phi) is 4.09. The van der Waals surface area contributed by atoms with Gasteiger partial charge in [-0.1, -0.05) is 12.7 Å². The van der Waals surface area contributed by atoms with Gasteiger partial charge in [0.15, 0.2) is 6.10 Å². The number of aliphatic hydroxyl groups is 2. The molecule has 11 heavy (non-hydrogen) atoms. The van der Waals surface area contributed by atoms with Crippen molar-refractivity contribution < 1.29 is 19.8 Å². The summed E-state index contributed by atoms with van der Waals surface area (Å²) in [7, 11) is 0. The second-order valence-electron chi connectivity index (χ2n) is 1.75. The van der Waals surface area contributed by atoms with Crippen molar-refractivity contribution in [2.45, 2.75) is 6.10 Å². The molecule has 0 aliphatic rings. The molecule has 0 radical (unpaired) electrons. The summed E-state index contributed by atoms with van der Waals surface area (Å²) in [4.78, 5) is 20.9. The summed E-state index contributed by atoms with van der Waals surface area (Å²) in [6, 6.07) is 0. The fraction of sp³-hybridized carbons (Fsp3) is 0.333. The number of hydrogen-bond donors (Lipinski definition) is 3. The summed E-state index contributed by atoms with van der Waals surface area (Å²) in [5.74, 6) is -1.74. The number of nitrogens with one attached hydrogen (secondary N) is 1. The Morgan fingerprint density at radius 3 is 2.55 bits per heavy atom. The van der Waals surface area contributed by atoms with E-state index >= 15 is 0 Å². The predicted octanol–water partition coefficient (Wildman–Crippen LogP) is -1.83. The van der Waals surface area contributed by atoms with Crippen LogP contribution in [0.2, 0.25) is 0 Å². The normalized spacial score (nSPS) is 11.8. The molecule has 2 amide bonds. The number of rotatable bonds is 3. The van der Waals surface area contributed by atoms with Crippen LogP contribution in [0.15, 0.2) is 12.7 Å². The third-order valence-electron chi connectivity index (χ3n) is 0.898. The quantitative estimate of drug-likeness (QED) is 0.423. The lowest BCUT2D eigenvalue weighted by Gasteiger charge is -2.03. The van der Waals surface area contributed by atoms with Gasteiger partial charge < -0.3 is 10.2 Å². The summed E-state index contributed by atoms with van der Waals surface area (Å²) >= 11 is 0. The van der Waals surface area contributed by atoms with Crippen LogP contribution in [0.25, 0.3) is 0 Å². The Balaban J connectivity index is 3.87. The van der Waals surface area contributed by atoms with Crippen LogP contribution in [0, 0.1) is 0 Å². The van der Waals surface area contributed by atoms with Crippen LogP contribution in [0.3, 0.4) is 0 Å². The third-order valence-corrected chi connectivity index (χ3v) is 0.898. The van der Waals surface area contributed by atoms with Crippen LogP contribution in [0.1, 0.15) is 0 Å². The molecule has 5 nitrogen and oxygen atoms in total. The number of carbonyl (C=O) groups is 2. The molecule has 1 atom stereocenters. The first-order chi connectivity index (χ1) is 5.11. The fourth-order valence-corrected chi connectivity index (χ4v) is 0.358. The predicted molar refractivity (Wildman–Crippen MR) is 36.4 cm³/mol. The first kappa shape index (κ1) is 9.80. The number of aliphatic hydroxyl groups excluding tert-OH is 2. The highest BCUT2D eigenvalue weighted by molar-refractivity contribution is 5.98. The van der Waals surface area contributed by atoms with E-state index in [1.54, 1.807) is 5.32 Å². The van der Waals surface area contributed by atoms with Gasteiger partial charge in [-0.05, 0) is 0 Å². The van der Waals surface area contributed by atoms with Crippen LogP contribution in [0.5, 0.6) is 0 Å². The molecular weight excluding hydrogens is 150 g/mol. The van der Waals surface area contributed by atoms with Crippen LogP contribution in [-0.4, -0.2) is 34.7 Å². The molecule has 0 saturated carbocycles. The van der Waals surface area contributed by atoms with E-state index in [0.717, 1.165) is 6.08 Å². The Labute approximate surface area is 63.3 Å². The first-order valence-electron chi connectivity index (χ1n) is 2.87. The summed E-state index contributed by atoms with van der Waals surface area (Å²) in [6.07, 6.45) is -0.439. The van der Waals surface area contributed by atoms with Crippen LogP contribution in [0.4, 0.5) is 0 Å². The van der Waals surface area contributed by atoms with Gasteiger partial charge in [0.1, 0.15) is 6.61 Å². The molecule has 3 N–H and O–H groups in total. The minimum atomic E-state index is -1.41. The van der Waals surface area contributed by atoms with E-state index in [1.807, 2.05) is 0 Å². The van der Waals surface area contributed by atoms with Gasteiger partial charge >= 0.3 is 0 Å². The number of carbonyl (C=O) groups excluding carboxylic acids is 2. The van der Waals surface area contributed by atoms with Crippen molar-refractivity contribution >= 4 is 11.8 Å². The molecule has 0 bridgehead atoms. The van der Waals surface area contributed by atoms with Gasteiger partial charge in [0.25, 0.3) is 11.8 Å². The van der Waals surface area contributed by atoms with Crippen LogP contribution < -0.4 is 5.32 Å². The monoisotopic (exact) mass is 159 g/mol. The van der Waals surface area contributed by atoms with E-state index in [-0.39, 0.29) is 0 Å². The van der Waals surface area contributed by atoms with Crippen molar-refractivity contribution in [2.24, 2.45) is 0 Å².